The summed E-state index contributed by atoms with van der Waals surface area (Å²) in [6, 6.07) is 4.68. The number of nitrogens with zero attached hydrogens (tertiary/aromatic N) is 3. The van der Waals surface area contributed by atoms with Crippen molar-refractivity contribution in [1.29, 1.82) is 0 Å². The summed E-state index contributed by atoms with van der Waals surface area (Å²) >= 11 is 1.20. The Morgan fingerprint density at radius 1 is 1.36 bits per heavy atom. The molecule has 1 aromatic carbocycles. The minimum atomic E-state index is -0.518. The van der Waals surface area contributed by atoms with Crippen molar-refractivity contribution in [3.05, 3.63) is 46.7 Å². The summed E-state index contributed by atoms with van der Waals surface area (Å²) in [4.78, 5) is 14.4. The smallest absolute Gasteiger partial charge is 0.190 e. The van der Waals surface area contributed by atoms with E-state index in [9.17, 15) is 9.18 Å². The number of rotatable bonds is 4. The van der Waals surface area contributed by atoms with Crippen molar-refractivity contribution >= 4 is 29.1 Å². The number of halogens is 1. The minimum absolute atomic E-state index is 0.0869. The van der Waals surface area contributed by atoms with Crippen molar-refractivity contribution in [3.8, 4) is 0 Å². The van der Waals surface area contributed by atoms with Gasteiger partial charge >= 0.3 is 0 Å². The molecule has 3 rings (SSSR count). The van der Waals surface area contributed by atoms with Gasteiger partial charge in [-0.05, 0) is 35.8 Å². The van der Waals surface area contributed by atoms with Crippen LogP contribution >= 0.6 is 11.5 Å². The molecule has 7 heteroatoms. The standard InChI is InChI=1S/C15H14FN3O2S/c16-12-2-1-3-13(19-6-8-21-9-7-19)15(12)14(20)5-4-11-10-22-18-17-11/h1-5,10H,6-9H2. The van der Waals surface area contributed by atoms with Crippen molar-refractivity contribution in [2.24, 2.45) is 0 Å². The Kier molecular flexibility index (Phi) is 4.55. The first-order chi connectivity index (χ1) is 10.8. The van der Waals surface area contributed by atoms with Crippen LogP contribution in [0.5, 0.6) is 0 Å². The second-order valence-corrected chi connectivity index (χ2v) is 5.37. The number of morpholine rings is 1. The number of anilines is 1. The largest absolute Gasteiger partial charge is 0.378 e. The molecule has 1 aliphatic rings. The zero-order valence-corrected chi connectivity index (χ0v) is 12.6. The number of carbonyl (C=O) groups is 1. The third kappa shape index (κ3) is 3.20. The first-order valence-corrected chi connectivity index (χ1v) is 7.70. The number of ether oxygens (including phenoxy) is 1. The molecule has 1 aromatic heterocycles. The Hall–Kier alpha value is -2.12. The highest BCUT2D eigenvalue weighted by Crippen LogP contribution is 2.25. The monoisotopic (exact) mass is 319 g/mol. The van der Waals surface area contributed by atoms with Crippen LogP contribution < -0.4 is 4.90 Å². The molecule has 0 bridgehead atoms. The minimum Gasteiger partial charge on any atom is -0.378 e. The molecule has 0 amide bonds. The van der Waals surface area contributed by atoms with Crippen LogP contribution in [0.25, 0.3) is 6.08 Å². The van der Waals surface area contributed by atoms with Crippen LogP contribution in [-0.2, 0) is 4.74 Å². The van der Waals surface area contributed by atoms with E-state index in [2.05, 4.69) is 9.59 Å². The summed E-state index contributed by atoms with van der Waals surface area (Å²) in [6.07, 6.45) is 2.88. The van der Waals surface area contributed by atoms with Gasteiger partial charge in [-0.25, -0.2) is 4.39 Å². The third-order valence-corrected chi connectivity index (χ3v) is 3.89. The molecule has 1 fully saturated rings. The molecule has 1 saturated heterocycles. The van der Waals surface area contributed by atoms with E-state index in [4.69, 9.17) is 4.74 Å². The van der Waals surface area contributed by atoms with Gasteiger partial charge in [-0.2, -0.15) is 0 Å². The van der Waals surface area contributed by atoms with Gasteiger partial charge in [0.15, 0.2) is 5.78 Å². The number of aromatic nitrogens is 2. The van der Waals surface area contributed by atoms with Crippen molar-refractivity contribution in [3.63, 3.8) is 0 Å². The molecule has 1 aliphatic heterocycles. The number of hydrogen-bond acceptors (Lipinski definition) is 6. The van der Waals surface area contributed by atoms with E-state index in [1.807, 2.05) is 4.90 Å². The fourth-order valence-corrected chi connectivity index (χ4v) is 2.74. The molecule has 0 radical (unpaired) electrons. The van der Waals surface area contributed by atoms with Crippen LogP contribution in [0.15, 0.2) is 29.7 Å². The van der Waals surface area contributed by atoms with Crippen molar-refractivity contribution in [2.45, 2.75) is 0 Å². The van der Waals surface area contributed by atoms with Crippen molar-refractivity contribution in [1.82, 2.24) is 9.59 Å². The van der Waals surface area contributed by atoms with Crippen molar-refractivity contribution in [2.75, 3.05) is 31.2 Å². The summed E-state index contributed by atoms with van der Waals surface area (Å²) in [5.41, 5.74) is 1.28. The van der Waals surface area contributed by atoms with Crippen LogP contribution in [0.2, 0.25) is 0 Å². The highest BCUT2D eigenvalue weighted by atomic mass is 32.1. The molecule has 0 N–H and O–H groups in total. The summed E-state index contributed by atoms with van der Waals surface area (Å²) in [7, 11) is 0. The van der Waals surface area contributed by atoms with Gasteiger partial charge in [0.25, 0.3) is 0 Å². The highest BCUT2D eigenvalue weighted by Gasteiger charge is 2.20. The van der Waals surface area contributed by atoms with E-state index in [-0.39, 0.29) is 11.3 Å². The van der Waals surface area contributed by atoms with Crippen LogP contribution in [0.1, 0.15) is 16.1 Å². The van der Waals surface area contributed by atoms with E-state index in [0.29, 0.717) is 37.7 Å². The predicted octanol–water partition coefficient (Wildman–Crippen LogP) is 2.41. The summed E-state index contributed by atoms with van der Waals surface area (Å²) < 4.78 is 23.2. The fourth-order valence-electron chi connectivity index (χ4n) is 2.31. The molecule has 0 saturated carbocycles. The first kappa shape index (κ1) is 14.8. The number of hydrogen-bond donors (Lipinski definition) is 0. The van der Waals surface area contributed by atoms with E-state index >= 15 is 0 Å². The molecular weight excluding hydrogens is 305 g/mol. The zero-order valence-electron chi connectivity index (χ0n) is 11.7. The Bertz CT molecular complexity index is 682. The molecule has 2 heterocycles. The summed E-state index contributed by atoms with van der Waals surface area (Å²) in [6.45, 7) is 2.43. The average molecular weight is 319 g/mol. The van der Waals surface area contributed by atoms with Crippen LogP contribution in [0, 0.1) is 5.82 Å². The topological polar surface area (TPSA) is 55.3 Å². The lowest BCUT2D eigenvalue weighted by atomic mass is 10.1. The Labute approximate surface area is 131 Å². The lowest BCUT2D eigenvalue weighted by Crippen LogP contribution is -2.37. The normalized spacial score (nSPS) is 15.4. The first-order valence-electron chi connectivity index (χ1n) is 6.86. The molecule has 114 valence electrons. The average Bonchev–Trinajstić information content (AvgIpc) is 3.06. The highest BCUT2D eigenvalue weighted by molar-refractivity contribution is 7.03. The summed E-state index contributed by atoms with van der Waals surface area (Å²) in [5, 5.41) is 5.54. The van der Waals surface area contributed by atoms with Gasteiger partial charge in [0.2, 0.25) is 0 Å². The van der Waals surface area contributed by atoms with Gasteiger partial charge in [-0.15, -0.1) is 5.10 Å². The van der Waals surface area contributed by atoms with Gasteiger partial charge in [0.1, 0.15) is 5.82 Å². The maximum atomic E-state index is 14.2. The van der Waals surface area contributed by atoms with E-state index in [1.54, 1.807) is 23.6 Å². The molecule has 0 atom stereocenters. The van der Waals surface area contributed by atoms with Crippen molar-refractivity contribution < 1.29 is 13.9 Å². The zero-order chi connectivity index (χ0) is 15.4. The molecule has 0 unspecified atom stereocenters. The Morgan fingerprint density at radius 2 is 2.18 bits per heavy atom. The van der Waals surface area contributed by atoms with E-state index in [0.717, 1.165) is 0 Å². The molecule has 22 heavy (non-hydrogen) atoms. The number of allylic oxidation sites excluding steroid dienone is 1. The second-order valence-electron chi connectivity index (χ2n) is 4.76. The van der Waals surface area contributed by atoms with Crippen LogP contribution in [0.4, 0.5) is 10.1 Å². The van der Waals surface area contributed by atoms with Crippen LogP contribution in [0.3, 0.4) is 0 Å². The van der Waals surface area contributed by atoms with Gasteiger partial charge in [-0.3, -0.25) is 4.79 Å². The van der Waals surface area contributed by atoms with Gasteiger partial charge in [0, 0.05) is 18.5 Å². The molecule has 5 nitrogen and oxygen atoms in total. The Morgan fingerprint density at radius 3 is 2.91 bits per heavy atom. The predicted molar refractivity (Wildman–Crippen MR) is 82.7 cm³/mol. The van der Waals surface area contributed by atoms with Gasteiger partial charge < -0.3 is 9.64 Å². The molecule has 0 aliphatic carbocycles. The number of carbonyl (C=O) groups excluding carboxylic acids is 1. The van der Waals surface area contributed by atoms with Gasteiger partial charge in [0.05, 0.1) is 30.2 Å². The summed E-state index contributed by atoms with van der Waals surface area (Å²) in [5.74, 6) is -0.900. The lowest BCUT2D eigenvalue weighted by Gasteiger charge is -2.30. The van der Waals surface area contributed by atoms with Crippen LogP contribution in [-0.4, -0.2) is 41.7 Å². The lowest BCUT2D eigenvalue weighted by molar-refractivity contribution is 0.104. The quantitative estimate of drug-likeness (QED) is 0.640. The molecule has 0 spiro atoms. The molecule has 2 aromatic rings. The molecular formula is C15H14FN3O2S. The Balaban J connectivity index is 1.89. The second kappa shape index (κ2) is 6.76. The van der Waals surface area contributed by atoms with E-state index in [1.165, 1.54) is 23.7 Å². The third-order valence-electron chi connectivity index (χ3n) is 3.37. The number of ketones is 1. The maximum Gasteiger partial charge on any atom is 0.190 e. The SMILES string of the molecule is O=C(C=Cc1csnn1)c1c(F)cccc1N1CCOCC1. The van der Waals surface area contributed by atoms with E-state index < -0.39 is 5.82 Å². The fraction of sp³-hybridized carbons (Fsp3) is 0.267. The van der Waals surface area contributed by atoms with Gasteiger partial charge in [-0.1, -0.05) is 10.6 Å². The maximum absolute atomic E-state index is 14.2. The number of benzene rings is 1.